The number of ether oxygens (including phenoxy) is 2. The molecule has 0 saturated heterocycles. The molecular weight excluding hydrogens is 398 g/mol. The Hall–Kier alpha value is -3.40. The third kappa shape index (κ3) is 3.92. The monoisotopic (exact) mass is 415 g/mol. The molecule has 1 aliphatic rings. The van der Waals surface area contributed by atoms with Crippen LogP contribution in [-0.4, -0.2) is 43.0 Å². The number of anilines is 1. The number of carbonyl (C=O) groups excluding carboxylic acids is 1. The van der Waals surface area contributed by atoms with E-state index in [1.54, 1.807) is 37.3 Å². The molecule has 1 unspecified atom stereocenters. The van der Waals surface area contributed by atoms with Crippen LogP contribution in [-0.2, 0) is 14.6 Å². The molecule has 150 valence electrons. The number of para-hydroxylation sites is 2. The Balaban J connectivity index is 1.44. The van der Waals surface area contributed by atoms with Gasteiger partial charge in [-0.15, -0.1) is 5.10 Å². The summed E-state index contributed by atoms with van der Waals surface area (Å²) >= 11 is 0. The fraction of sp³-hybridized carbons (Fsp3) is 0.211. The maximum Gasteiger partial charge on any atom is 0.322 e. The number of carbonyl (C=O) groups is 1. The second kappa shape index (κ2) is 7.55. The molecule has 2 heterocycles. The van der Waals surface area contributed by atoms with E-state index in [-0.39, 0.29) is 29.2 Å². The number of nitrogens with one attached hydrogen (secondary N) is 1. The maximum absolute atomic E-state index is 12.4. The summed E-state index contributed by atoms with van der Waals surface area (Å²) in [7, 11) is -3.29. The van der Waals surface area contributed by atoms with Crippen LogP contribution in [0.15, 0.2) is 57.8 Å². The van der Waals surface area contributed by atoms with Crippen LogP contribution in [0.3, 0.4) is 0 Å². The molecule has 10 heteroatoms. The third-order valence-electron chi connectivity index (χ3n) is 4.30. The zero-order valence-corrected chi connectivity index (χ0v) is 16.2. The van der Waals surface area contributed by atoms with E-state index in [9.17, 15) is 13.2 Å². The van der Waals surface area contributed by atoms with Gasteiger partial charge in [0.1, 0.15) is 6.61 Å². The summed E-state index contributed by atoms with van der Waals surface area (Å²) in [6, 6.07) is 13.0. The van der Waals surface area contributed by atoms with Gasteiger partial charge in [0, 0.05) is 5.56 Å². The third-order valence-corrected chi connectivity index (χ3v) is 6.05. The van der Waals surface area contributed by atoms with E-state index < -0.39 is 21.8 Å². The topological polar surface area (TPSA) is 121 Å². The van der Waals surface area contributed by atoms with Crippen LogP contribution < -0.4 is 14.8 Å². The second-order valence-electron chi connectivity index (χ2n) is 6.19. The largest absolute Gasteiger partial charge is 0.485 e. The Morgan fingerprint density at radius 2 is 1.83 bits per heavy atom. The fourth-order valence-corrected chi connectivity index (χ4v) is 3.58. The first-order chi connectivity index (χ1) is 14.0. The van der Waals surface area contributed by atoms with Crippen molar-refractivity contribution in [3.8, 4) is 23.0 Å². The number of amides is 1. The van der Waals surface area contributed by atoms with Crippen molar-refractivity contribution in [2.45, 2.75) is 17.9 Å². The van der Waals surface area contributed by atoms with Crippen LogP contribution in [0.5, 0.6) is 11.5 Å². The normalized spacial score (nSPS) is 15.7. The van der Waals surface area contributed by atoms with Gasteiger partial charge in [-0.25, -0.2) is 8.42 Å². The second-order valence-corrected chi connectivity index (χ2v) is 8.47. The lowest BCUT2D eigenvalue weighted by molar-refractivity contribution is -0.125. The molecule has 2 aromatic carbocycles. The highest BCUT2D eigenvalue weighted by Gasteiger charge is 2.28. The number of nitrogens with zero attached hydrogens (tertiary/aromatic N) is 2. The molecule has 9 nitrogen and oxygen atoms in total. The van der Waals surface area contributed by atoms with Crippen molar-refractivity contribution in [1.82, 2.24) is 10.2 Å². The fourth-order valence-electron chi connectivity index (χ4n) is 2.70. The summed E-state index contributed by atoms with van der Waals surface area (Å²) in [5.74, 6) is 0.726. The molecular formula is C19H17N3O6S. The Kier molecular flexibility index (Phi) is 4.93. The van der Waals surface area contributed by atoms with Crippen LogP contribution in [0.4, 0.5) is 6.01 Å². The van der Waals surface area contributed by atoms with Crippen molar-refractivity contribution in [2.75, 3.05) is 17.7 Å². The number of hydrogen-bond donors (Lipinski definition) is 1. The van der Waals surface area contributed by atoms with E-state index in [2.05, 4.69) is 15.5 Å². The van der Waals surface area contributed by atoms with Gasteiger partial charge in [-0.2, -0.15) is 0 Å². The van der Waals surface area contributed by atoms with Gasteiger partial charge < -0.3 is 13.9 Å². The predicted octanol–water partition coefficient (Wildman–Crippen LogP) is 2.31. The molecule has 0 radical (unpaired) electrons. The summed E-state index contributed by atoms with van der Waals surface area (Å²) in [5.41, 5.74) is 0.527. The van der Waals surface area contributed by atoms with Crippen molar-refractivity contribution in [3.05, 3.63) is 48.5 Å². The highest BCUT2D eigenvalue weighted by atomic mass is 32.2. The quantitative estimate of drug-likeness (QED) is 0.674. The minimum atomic E-state index is -3.29. The number of aromatic nitrogens is 2. The molecule has 0 bridgehead atoms. The van der Waals surface area contributed by atoms with Crippen LogP contribution in [0.25, 0.3) is 11.5 Å². The van der Waals surface area contributed by atoms with Gasteiger partial charge in [-0.1, -0.05) is 24.2 Å². The minimum Gasteiger partial charge on any atom is -0.485 e. The lowest BCUT2D eigenvalue weighted by Crippen LogP contribution is -2.40. The molecule has 1 aliphatic heterocycles. The van der Waals surface area contributed by atoms with Crippen LogP contribution in [0.2, 0.25) is 0 Å². The van der Waals surface area contributed by atoms with E-state index in [1.807, 2.05) is 6.07 Å². The van der Waals surface area contributed by atoms with Crippen LogP contribution in [0.1, 0.15) is 6.92 Å². The highest BCUT2D eigenvalue weighted by molar-refractivity contribution is 7.91. The molecule has 0 saturated carbocycles. The van der Waals surface area contributed by atoms with Gasteiger partial charge in [0.05, 0.1) is 10.6 Å². The van der Waals surface area contributed by atoms with Gasteiger partial charge in [0.2, 0.25) is 12.0 Å². The lowest BCUT2D eigenvalue weighted by Gasteiger charge is -2.24. The van der Waals surface area contributed by atoms with Crippen LogP contribution in [0, 0.1) is 0 Å². The van der Waals surface area contributed by atoms with E-state index >= 15 is 0 Å². The molecule has 0 fully saturated rings. The summed E-state index contributed by atoms with van der Waals surface area (Å²) in [6.45, 7) is 1.63. The molecule has 1 atom stereocenters. The van der Waals surface area contributed by atoms with Crippen molar-refractivity contribution >= 4 is 21.8 Å². The number of fused-ring (bicyclic) bond motifs is 1. The molecule has 1 N–H and O–H groups in total. The zero-order valence-electron chi connectivity index (χ0n) is 15.4. The predicted molar refractivity (Wildman–Crippen MR) is 102 cm³/mol. The number of rotatable bonds is 5. The molecule has 1 aromatic heterocycles. The maximum atomic E-state index is 12.4. The standard InChI is InChI=1S/C19H17N3O6S/c1-2-29(24,25)13-9-7-12(8-10-13)18-21-22-19(28-18)20-17(23)16-11-26-14-5-3-4-6-15(14)27-16/h3-10,16H,2,11H2,1H3,(H,20,22,23). The Bertz CT molecular complexity index is 1140. The summed E-state index contributed by atoms with van der Waals surface area (Å²) in [6.07, 6.45) is -0.862. The minimum absolute atomic E-state index is 0.0144. The number of hydrogen-bond acceptors (Lipinski definition) is 8. The van der Waals surface area contributed by atoms with Gasteiger partial charge >= 0.3 is 6.01 Å². The highest BCUT2D eigenvalue weighted by Crippen LogP contribution is 2.31. The molecule has 3 aromatic rings. The molecule has 29 heavy (non-hydrogen) atoms. The number of sulfone groups is 1. The van der Waals surface area contributed by atoms with Crippen molar-refractivity contribution in [1.29, 1.82) is 0 Å². The van der Waals surface area contributed by atoms with E-state index in [1.165, 1.54) is 12.1 Å². The number of benzene rings is 2. The SMILES string of the molecule is CCS(=O)(=O)c1ccc(-c2nnc(NC(=O)C3COc4ccccc4O3)o2)cc1. The van der Waals surface area contributed by atoms with E-state index in [0.29, 0.717) is 17.1 Å². The van der Waals surface area contributed by atoms with Crippen molar-refractivity contribution in [2.24, 2.45) is 0 Å². The van der Waals surface area contributed by atoms with Crippen LogP contribution >= 0.6 is 0 Å². The molecule has 1 amide bonds. The van der Waals surface area contributed by atoms with E-state index in [0.717, 1.165) is 0 Å². The molecule has 0 aliphatic carbocycles. The van der Waals surface area contributed by atoms with Gasteiger partial charge in [-0.3, -0.25) is 10.1 Å². The average Bonchev–Trinajstić information content (AvgIpc) is 3.22. The zero-order chi connectivity index (χ0) is 20.4. The summed E-state index contributed by atoms with van der Waals surface area (Å²) in [4.78, 5) is 12.6. The Morgan fingerprint density at radius 1 is 1.10 bits per heavy atom. The molecule has 4 rings (SSSR count). The van der Waals surface area contributed by atoms with Gasteiger partial charge in [-0.05, 0) is 36.4 Å². The molecule has 0 spiro atoms. The lowest BCUT2D eigenvalue weighted by atomic mass is 10.2. The first kappa shape index (κ1) is 18.9. The smallest absolute Gasteiger partial charge is 0.322 e. The Labute approximate surface area is 166 Å². The van der Waals surface area contributed by atoms with Crippen molar-refractivity contribution < 1.29 is 27.1 Å². The van der Waals surface area contributed by atoms with Gasteiger partial charge in [0.15, 0.2) is 21.3 Å². The van der Waals surface area contributed by atoms with E-state index in [4.69, 9.17) is 13.9 Å². The average molecular weight is 415 g/mol. The summed E-state index contributed by atoms with van der Waals surface area (Å²) < 4.78 is 40.4. The van der Waals surface area contributed by atoms with Crippen molar-refractivity contribution in [3.63, 3.8) is 0 Å². The van der Waals surface area contributed by atoms with Gasteiger partial charge in [0.25, 0.3) is 5.91 Å². The Morgan fingerprint density at radius 3 is 2.55 bits per heavy atom. The first-order valence-electron chi connectivity index (χ1n) is 8.82. The first-order valence-corrected chi connectivity index (χ1v) is 10.5. The summed E-state index contributed by atoms with van der Waals surface area (Å²) in [5, 5.41) is 10.2.